The summed E-state index contributed by atoms with van der Waals surface area (Å²) in [7, 11) is 0. The third-order valence-corrected chi connectivity index (χ3v) is 5.50. The monoisotopic (exact) mass is 546 g/mol. The Bertz CT molecular complexity index is 998. The van der Waals surface area contributed by atoms with Gasteiger partial charge in [0.1, 0.15) is 18.1 Å². The van der Waals surface area contributed by atoms with E-state index in [2.05, 4.69) is 55.9 Å². The van der Waals surface area contributed by atoms with Gasteiger partial charge in [-0.3, -0.25) is 0 Å². The third kappa shape index (κ3) is 5.93. The van der Waals surface area contributed by atoms with Crippen LogP contribution in [-0.2, 0) is 13.1 Å². The van der Waals surface area contributed by atoms with Crippen molar-refractivity contribution in [2.45, 2.75) is 20.0 Å². The van der Waals surface area contributed by atoms with Crippen molar-refractivity contribution >= 4 is 35.6 Å². The second-order valence-electron chi connectivity index (χ2n) is 7.59. The largest absolute Gasteiger partial charge is 0.506 e. The Morgan fingerprint density at radius 2 is 1.75 bits per heavy atom. The molecule has 0 amide bonds. The lowest BCUT2D eigenvalue weighted by Crippen LogP contribution is -2.52. The van der Waals surface area contributed by atoms with Crippen molar-refractivity contribution in [3.8, 4) is 5.75 Å². The number of piperazine rings is 1. The lowest BCUT2D eigenvalue weighted by molar-refractivity contribution is 0.369. The molecule has 0 saturated carbocycles. The number of hydrogen-bond acceptors (Lipinski definition) is 4. The first-order valence-corrected chi connectivity index (χ1v) is 10.8. The maximum absolute atomic E-state index is 10.1. The molecule has 3 aromatic rings. The fraction of sp³-hybridized carbons (Fsp3) is 0.333. The minimum absolute atomic E-state index is 0. The number of guanidine groups is 1. The fourth-order valence-corrected chi connectivity index (χ4v) is 3.88. The van der Waals surface area contributed by atoms with Gasteiger partial charge in [-0.05, 0) is 24.6 Å². The van der Waals surface area contributed by atoms with Crippen LogP contribution in [0.4, 0.5) is 5.69 Å². The number of phenolic OH excluding ortho intramolecular Hbond substituents is 1. The van der Waals surface area contributed by atoms with Crippen molar-refractivity contribution in [3.63, 3.8) is 0 Å². The molecule has 1 saturated heterocycles. The summed E-state index contributed by atoms with van der Waals surface area (Å²) in [5.41, 5.74) is 2.14. The van der Waals surface area contributed by atoms with Crippen molar-refractivity contribution in [2.24, 2.45) is 4.99 Å². The number of aromatic hydroxyl groups is 1. The first-order valence-electron chi connectivity index (χ1n) is 10.8. The van der Waals surface area contributed by atoms with Gasteiger partial charge in [0.2, 0.25) is 0 Å². The van der Waals surface area contributed by atoms with Crippen molar-refractivity contribution in [1.82, 2.24) is 19.8 Å². The number of benzene rings is 2. The van der Waals surface area contributed by atoms with Crippen LogP contribution < -0.4 is 10.2 Å². The van der Waals surface area contributed by atoms with Crippen molar-refractivity contribution in [2.75, 3.05) is 37.6 Å². The molecule has 1 aliphatic heterocycles. The number of aliphatic imine (C=N–C) groups is 1. The fourth-order valence-electron chi connectivity index (χ4n) is 3.88. The Kier molecular flexibility index (Phi) is 8.78. The van der Waals surface area contributed by atoms with E-state index in [1.54, 1.807) is 6.07 Å². The summed E-state index contributed by atoms with van der Waals surface area (Å²) in [6, 6.07) is 17.9. The molecule has 0 atom stereocenters. The minimum Gasteiger partial charge on any atom is -0.506 e. The van der Waals surface area contributed by atoms with Gasteiger partial charge in [0.25, 0.3) is 0 Å². The van der Waals surface area contributed by atoms with Crippen LogP contribution in [0.1, 0.15) is 18.3 Å². The number of nitrogens with zero attached hydrogens (tertiary/aromatic N) is 5. The zero-order valence-electron chi connectivity index (χ0n) is 18.4. The van der Waals surface area contributed by atoms with E-state index in [4.69, 9.17) is 4.99 Å². The van der Waals surface area contributed by atoms with Crippen molar-refractivity contribution in [3.05, 3.63) is 78.4 Å². The van der Waals surface area contributed by atoms with E-state index >= 15 is 0 Å². The van der Waals surface area contributed by atoms with Gasteiger partial charge in [0, 0.05) is 51.7 Å². The average Bonchev–Trinajstić information content (AvgIpc) is 3.25. The van der Waals surface area contributed by atoms with Crippen LogP contribution in [0.25, 0.3) is 0 Å². The van der Waals surface area contributed by atoms with Gasteiger partial charge in [0.15, 0.2) is 5.96 Å². The molecule has 2 aromatic carbocycles. The Balaban J connectivity index is 0.00000289. The predicted molar refractivity (Wildman–Crippen MR) is 140 cm³/mol. The topological polar surface area (TPSA) is 68.9 Å². The SMILES string of the molecule is CCNC(=NCc1nccn1Cc1ccccc1)N1CCN(c2ccccc2O)CC1.I. The van der Waals surface area contributed by atoms with Crippen LogP contribution in [0.15, 0.2) is 72.0 Å². The highest BCUT2D eigenvalue weighted by Gasteiger charge is 2.21. The summed E-state index contributed by atoms with van der Waals surface area (Å²) < 4.78 is 2.15. The maximum atomic E-state index is 10.1. The van der Waals surface area contributed by atoms with Crippen molar-refractivity contribution < 1.29 is 5.11 Å². The van der Waals surface area contributed by atoms with Crippen LogP contribution in [0.5, 0.6) is 5.75 Å². The van der Waals surface area contributed by atoms with Gasteiger partial charge in [-0.15, -0.1) is 24.0 Å². The van der Waals surface area contributed by atoms with E-state index < -0.39 is 0 Å². The summed E-state index contributed by atoms with van der Waals surface area (Å²) in [5.74, 6) is 2.20. The highest BCUT2D eigenvalue weighted by molar-refractivity contribution is 14.0. The Hall–Kier alpha value is -2.75. The molecule has 0 aliphatic carbocycles. The van der Waals surface area contributed by atoms with Gasteiger partial charge in [-0.25, -0.2) is 9.98 Å². The molecule has 2 N–H and O–H groups in total. The first kappa shape index (κ1) is 23.9. The number of nitrogens with one attached hydrogen (secondary N) is 1. The van der Waals surface area contributed by atoms with Crippen LogP contribution in [0, 0.1) is 0 Å². The van der Waals surface area contributed by atoms with Gasteiger partial charge in [0.05, 0.1) is 5.69 Å². The van der Waals surface area contributed by atoms with Crippen molar-refractivity contribution in [1.29, 1.82) is 0 Å². The number of phenols is 1. The van der Waals surface area contributed by atoms with Crippen LogP contribution in [0.2, 0.25) is 0 Å². The van der Waals surface area contributed by atoms with E-state index in [1.807, 2.05) is 36.7 Å². The molecule has 1 fully saturated rings. The molecule has 1 aromatic heterocycles. The third-order valence-electron chi connectivity index (χ3n) is 5.50. The zero-order valence-corrected chi connectivity index (χ0v) is 20.7. The van der Waals surface area contributed by atoms with E-state index in [0.29, 0.717) is 12.3 Å². The molecule has 2 heterocycles. The molecule has 0 radical (unpaired) electrons. The molecule has 32 heavy (non-hydrogen) atoms. The summed E-state index contributed by atoms with van der Waals surface area (Å²) >= 11 is 0. The Morgan fingerprint density at radius 1 is 1.03 bits per heavy atom. The molecule has 0 unspecified atom stereocenters. The van der Waals surface area contributed by atoms with E-state index in [0.717, 1.165) is 56.7 Å². The number of rotatable bonds is 6. The minimum atomic E-state index is 0. The molecular formula is C24H31IN6O. The van der Waals surface area contributed by atoms with Gasteiger partial charge in [-0.1, -0.05) is 42.5 Å². The molecule has 4 rings (SSSR count). The highest BCUT2D eigenvalue weighted by atomic mass is 127. The number of halogens is 1. The molecule has 8 heteroatoms. The average molecular weight is 546 g/mol. The quantitative estimate of drug-likeness (QED) is 0.281. The predicted octanol–water partition coefficient (Wildman–Crippen LogP) is 3.54. The van der Waals surface area contributed by atoms with Crippen LogP contribution in [0.3, 0.4) is 0 Å². The molecule has 0 spiro atoms. The molecule has 1 aliphatic rings. The summed E-state index contributed by atoms with van der Waals surface area (Å²) in [5, 5.41) is 13.6. The Labute approximate surface area is 206 Å². The molecule has 170 valence electrons. The number of hydrogen-bond donors (Lipinski definition) is 2. The number of para-hydroxylation sites is 2. The van der Waals surface area contributed by atoms with Crippen LogP contribution in [-0.4, -0.2) is 58.2 Å². The standard InChI is InChI=1S/C24H30N6O.HI/c1-2-25-24(29-16-14-28(15-17-29)21-10-6-7-11-22(21)31)27-18-23-26-12-13-30(23)19-20-8-4-3-5-9-20;/h3-13,31H,2,14-19H2,1H3,(H,25,27);1H. The zero-order chi connectivity index (χ0) is 21.5. The summed E-state index contributed by atoms with van der Waals surface area (Å²) in [4.78, 5) is 13.9. The second kappa shape index (κ2) is 11.8. The molecular weight excluding hydrogens is 515 g/mol. The summed E-state index contributed by atoms with van der Waals surface area (Å²) in [6.07, 6.45) is 3.85. The van der Waals surface area contributed by atoms with E-state index in [-0.39, 0.29) is 24.0 Å². The van der Waals surface area contributed by atoms with Gasteiger partial charge >= 0.3 is 0 Å². The smallest absolute Gasteiger partial charge is 0.194 e. The Morgan fingerprint density at radius 3 is 2.47 bits per heavy atom. The van der Waals surface area contributed by atoms with Crippen LogP contribution >= 0.6 is 24.0 Å². The van der Waals surface area contributed by atoms with Gasteiger partial charge in [-0.2, -0.15) is 0 Å². The maximum Gasteiger partial charge on any atom is 0.194 e. The second-order valence-corrected chi connectivity index (χ2v) is 7.59. The first-order chi connectivity index (χ1) is 15.2. The lowest BCUT2D eigenvalue weighted by atomic mass is 10.2. The lowest BCUT2D eigenvalue weighted by Gasteiger charge is -2.37. The molecule has 0 bridgehead atoms. The highest BCUT2D eigenvalue weighted by Crippen LogP contribution is 2.27. The normalized spacial score (nSPS) is 14.2. The number of anilines is 1. The molecule has 7 nitrogen and oxygen atoms in total. The number of aromatic nitrogens is 2. The van der Waals surface area contributed by atoms with E-state index in [1.165, 1.54) is 5.56 Å². The summed E-state index contributed by atoms with van der Waals surface area (Å²) in [6.45, 7) is 7.59. The van der Waals surface area contributed by atoms with Gasteiger partial charge < -0.3 is 24.8 Å². The van der Waals surface area contributed by atoms with E-state index in [9.17, 15) is 5.11 Å². The number of imidazole rings is 1.